The summed E-state index contributed by atoms with van der Waals surface area (Å²) in [5.74, 6) is -0.0884. The van der Waals surface area contributed by atoms with Crippen molar-refractivity contribution in [3.63, 3.8) is 0 Å². The highest BCUT2D eigenvalue weighted by molar-refractivity contribution is 8.15. The molecule has 0 aromatic heterocycles. The molecule has 1 aliphatic rings. The van der Waals surface area contributed by atoms with Gasteiger partial charge >= 0.3 is 5.97 Å². The Bertz CT molecular complexity index is 311. The Morgan fingerprint density at radius 2 is 2.10 bits per heavy atom. The van der Waals surface area contributed by atoms with Crippen LogP contribution in [0.25, 0.3) is 0 Å². The lowest BCUT2D eigenvalue weighted by molar-refractivity contribution is -0.143. The molecule has 0 saturated heterocycles. The van der Waals surface area contributed by atoms with Crippen LogP contribution in [0.5, 0.6) is 0 Å². The summed E-state index contributed by atoms with van der Waals surface area (Å²) in [6.45, 7) is 5.53. The van der Waals surface area contributed by atoms with Crippen molar-refractivity contribution in [2.24, 2.45) is 5.10 Å². The molecule has 116 valence electrons. The van der Waals surface area contributed by atoms with Crippen LogP contribution in [0.3, 0.4) is 0 Å². The van der Waals surface area contributed by atoms with Crippen LogP contribution >= 0.6 is 11.8 Å². The van der Waals surface area contributed by atoms with Gasteiger partial charge in [-0.3, -0.25) is 4.79 Å². The van der Waals surface area contributed by atoms with Gasteiger partial charge in [0.25, 0.3) is 0 Å². The Hall–Kier alpha value is -0.750. The van der Waals surface area contributed by atoms with Gasteiger partial charge in [0.05, 0.1) is 13.2 Å². The highest BCUT2D eigenvalue weighted by atomic mass is 32.2. The Balaban J connectivity index is 2.30. The molecule has 6 heteroatoms. The van der Waals surface area contributed by atoms with Crippen molar-refractivity contribution in [1.82, 2.24) is 11.0 Å². The summed E-state index contributed by atoms with van der Waals surface area (Å²) in [5, 5.41) is 4.90. The molecule has 0 bridgehead atoms. The van der Waals surface area contributed by atoms with E-state index in [2.05, 4.69) is 29.9 Å². The molecular formula is C14H27N3O2S. The molecule has 0 fully saturated rings. The number of carbonyl (C=O) groups is 1. The Labute approximate surface area is 126 Å². The minimum absolute atomic E-state index is 0.0884. The molecule has 0 aromatic carbocycles. The zero-order valence-corrected chi connectivity index (χ0v) is 13.4. The molecule has 1 heterocycles. The normalized spacial score (nSPS) is 15.6. The topological polar surface area (TPSA) is 62.7 Å². The van der Waals surface area contributed by atoms with Gasteiger partial charge in [0.1, 0.15) is 10.3 Å². The van der Waals surface area contributed by atoms with Crippen molar-refractivity contribution in [2.45, 2.75) is 64.0 Å². The molecule has 0 aromatic rings. The number of nitrogens with one attached hydrogen (secondary N) is 2. The summed E-state index contributed by atoms with van der Waals surface area (Å²) in [6, 6.07) is 0. The number of hydrogen-bond acceptors (Lipinski definition) is 6. The van der Waals surface area contributed by atoms with E-state index in [-0.39, 0.29) is 11.2 Å². The SMILES string of the molecule is CCCCCCOC(=O)C(CCCC)SC1=NNNC1. The second kappa shape index (κ2) is 11.0. The average molecular weight is 301 g/mol. The van der Waals surface area contributed by atoms with E-state index in [0.717, 1.165) is 37.1 Å². The molecule has 0 saturated carbocycles. The van der Waals surface area contributed by atoms with Crippen molar-refractivity contribution < 1.29 is 9.53 Å². The van der Waals surface area contributed by atoms with Gasteiger partial charge in [-0.05, 0) is 12.8 Å². The van der Waals surface area contributed by atoms with Gasteiger partial charge in [-0.1, -0.05) is 57.7 Å². The average Bonchev–Trinajstić information content (AvgIpc) is 2.96. The zero-order chi connectivity index (χ0) is 14.6. The van der Waals surface area contributed by atoms with E-state index in [1.807, 2.05) is 0 Å². The van der Waals surface area contributed by atoms with Crippen molar-refractivity contribution >= 4 is 22.8 Å². The first-order chi connectivity index (χ1) is 9.77. The molecule has 0 amide bonds. The van der Waals surface area contributed by atoms with E-state index < -0.39 is 0 Å². The van der Waals surface area contributed by atoms with E-state index >= 15 is 0 Å². The number of hydrazine groups is 1. The van der Waals surface area contributed by atoms with E-state index in [9.17, 15) is 4.79 Å². The fraction of sp³-hybridized carbons (Fsp3) is 0.857. The zero-order valence-electron chi connectivity index (χ0n) is 12.6. The minimum atomic E-state index is -0.124. The van der Waals surface area contributed by atoms with Crippen LogP contribution in [0.1, 0.15) is 58.8 Å². The van der Waals surface area contributed by atoms with Crippen molar-refractivity contribution in [2.75, 3.05) is 13.2 Å². The van der Waals surface area contributed by atoms with Crippen LogP contribution in [0.15, 0.2) is 5.10 Å². The maximum Gasteiger partial charge on any atom is 0.319 e. The first-order valence-electron chi connectivity index (χ1n) is 7.65. The molecule has 1 atom stereocenters. The van der Waals surface area contributed by atoms with Crippen LogP contribution in [-0.4, -0.2) is 29.4 Å². The van der Waals surface area contributed by atoms with Gasteiger partial charge in [0, 0.05) is 0 Å². The summed E-state index contributed by atoms with van der Waals surface area (Å²) >= 11 is 1.52. The van der Waals surface area contributed by atoms with Gasteiger partial charge in [-0.15, -0.1) is 0 Å². The predicted molar refractivity (Wildman–Crippen MR) is 84.6 cm³/mol. The number of nitrogens with zero attached hydrogens (tertiary/aromatic N) is 1. The van der Waals surface area contributed by atoms with E-state index in [0.29, 0.717) is 13.2 Å². The van der Waals surface area contributed by atoms with Crippen LogP contribution in [0.4, 0.5) is 0 Å². The van der Waals surface area contributed by atoms with Gasteiger partial charge < -0.3 is 4.74 Å². The number of ether oxygens (including phenoxy) is 1. The summed E-state index contributed by atoms with van der Waals surface area (Å²) < 4.78 is 5.40. The highest BCUT2D eigenvalue weighted by Gasteiger charge is 2.23. The predicted octanol–water partition coefficient (Wildman–Crippen LogP) is 2.82. The second-order valence-electron chi connectivity index (χ2n) is 4.95. The van der Waals surface area contributed by atoms with Gasteiger partial charge in [0.15, 0.2) is 0 Å². The number of unbranched alkanes of at least 4 members (excludes halogenated alkanes) is 4. The van der Waals surface area contributed by atoms with Gasteiger partial charge in [0.2, 0.25) is 0 Å². The molecule has 1 aliphatic heterocycles. The minimum Gasteiger partial charge on any atom is -0.465 e. The molecule has 0 aliphatic carbocycles. The van der Waals surface area contributed by atoms with E-state index in [1.165, 1.54) is 24.6 Å². The van der Waals surface area contributed by atoms with Gasteiger partial charge in [-0.2, -0.15) is 5.10 Å². The standard InChI is InChI=1S/C14H27N3O2S/c1-3-5-7-8-10-19-14(18)12(9-6-4-2)20-13-11-15-17-16-13/h12,15,17H,3-11H2,1-2H3. The second-order valence-corrected chi connectivity index (χ2v) is 6.22. The molecule has 2 N–H and O–H groups in total. The quantitative estimate of drug-likeness (QED) is 0.480. The van der Waals surface area contributed by atoms with E-state index in [4.69, 9.17) is 4.74 Å². The van der Waals surface area contributed by atoms with E-state index in [1.54, 1.807) is 0 Å². The smallest absolute Gasteiger partial charge is 0.319 e. The fourth-order valence-corrected chi connectivity index (χ4v) is 2.93. The molecule has 0 spiro atoms. The molecular weight excluding hydrogens is 274 g/mol. The third kappa shape index (κ3) is 7.14. The number of carbonyl (C=O) groups excluding carboxylic acids is 1. The summed E-state index contributed by atoms with van der Waals surface area (Å²) in [7, 11) is 0. The van der Waals surface area contributed by atoms with Crippen molar-refractivity contribution in [3.05, 3.63) is 0 Å². The summed E-state index contributed by atoms with van der Waals surface area (Å²) in [5.41, 5.74) is 5.62. The number of hydrazone groups is 1. The third-order valence-electron chi connectivity index (χ3n) is 3.10. The van der Waals surface area contributed by atoms with Crippen molar-refractivity contribution in [1.29, 1.82) is 0 Å². The summed E-state index contributed by atoms with van der Waals surface area (Å²) in [6.07, 6.45) is 7.49. The third-order valence-corrected chi connectivity index (χ3v) is 4.32. The van der Waals surface area contributed by atoms with Gasteiger partial charge in [-0.25, -0.2) is 11.0 Å². The van der Waals surface area contributed by atoms with Crippen molar-refractivity contribution in [3.8, 4) is 0 Å². The highest BCUT2D eigenvalue weighted by Crippen LogP contribution is 2.21. The monoisotopic (exact) mass is 301 g/mol. The lowest BCUT2D eigenvalue weighted by Gasteiger charge is -2.14. The Morgan fingerprint density at radius 3 is 2.75 bits per heavy atom. The molecule has 20 heavy (non-hydrogen) atoms. The maximum atomic E-state index is 12.1. The van der Waals surface area contributed by atoms with Crippen LogP contribution in [-0.2, 0) is 9.53 Å². The number of thioether (sulfide) groups is 1. The molecule has 5 nitrogen and oxygen atoms in total. The van der Waals surface area contributed by atoms with Crippen LogP contribution < -0.4 is 11.0 Å². The molecule has 0 radical (unpaired) electrons. The number of esters is 1. The lowest BCUT2D eigenvalue weighted by Crippen LogP contribution is -2.25. The fourth-order valence-electron chi connectivity index (χ4n) is 1.90. The van der Waals surface area contributed by atoms with Crippen LogP contribution in [0, 0.1) is 0 Å². The molecule has 1 rings (SSSR count). The lowest BCUT2D eigenvalue weighted by atomic mass is 10.2. The number of hydrogen-bond donors (Lipinski definition) is 2. The Morgan fingerprint density at radius 1 is 1.30 bits per heavy atom. The number of rotatable bonds is 10. The largest absolute Gasteiger partial charge is 0.465 e. The molecule has 1 unspecified atom stereocenters. The van der Waals surface area contributed by atoms with Crippen LogP contribution in [0.2, 0.25) is 0 Å². The first kappa shape index (κ1) is 17.3. The Kier molecular flexibility index (Phi) is 9.49. The maximum absolute atomic E-state index is 12.1. The summed E-state index contributed by atoms with van der Waals surface area (Å²) in [4.78, 5) is 12.1. The first-order valence-corrected chi connectivity index (χ1v) is 8.53.